The summed E-state index contributed by atoms with van der Waals surface area (Å²) in [7, 11) is 0. The number of hydrogen-bond acceptors (Lipinski definition) is 4. The Morgan fingerprint density at radius 3 is 2.40 bits per heavy atom. The van der Waals surface area contributed by atoms with Gasteiger partial charge < -0.3 is 5.32 Å². The molecule has 0 atom stereocenters. The van der Waals surface area contributed by atoms with Gasteiger partial charge in [-0.3, -0.25) is 14.8 Å². The van der Waals surface area contributed by atoms with Crippen LogP contribution >= 0.6 is 0 Å². The number of amides is 1. The molecule has 1 spiro atoms. The largest absolute Gasteiger partial charge is 0.305 e. The molecule has 0 radical (unpaired) electrons. The maximum absolute atomic E-state index is 13.6. The van der Waals surface area contributed by atoms with Gasteiger partial charge in [-0.1, -0.05) is 5.57 Å². The number of carbonyl (C=O) groups excluding carboxylic acids is 1. The van der Waals surface area contributed by atoms with Crippen molar-refractivity contribution in [2.24, 2.45) is 5.41 Å². The fourth-order valence-electron chi connectivity index (χ4n) is 3.60. The zero-order valence-corrected chi connectivity index (χ0v) is 13.6. The number of nitrogens with zero attached hydrogens (tertiary/aromatic N) is 3. The van der Waals surface area contributed by atoms with Crippen LogP contribution in [0.1, 0.15) is 48.7 Å². The second-order valence-electron chi connectivity index (χ2n) is 6.65. The molecule has 2 aromatic rings. The molecule has 0 aromatic carbocycles. The molecule has 0 bridgehead atoms. The highest BCUT2D eigenvalue weighted by molar-refractivity contribution is 6.04. The average Bonchev–Trinajstić information content (AvgIpc) is 3.27. The van der Waals surface area contributed by atoms with Gasteiger partial charge in [-0.05, 0) is 43.6 Å². The first-order valence-electron chi connectivity index (χ1n) is 8.13. The van der Waals surface area contributed by atoms with Gasteiger partial charge in [-0.25, -0.2) is 13.8 Å². The minimum absolute atomic E-state index is 0.144. The van der Waals surface area contributed by atoms with E-state index in [9.17, 15) is 13.6 Å². The van der Waals surface area contributed by atoms with E-state index >= 15 is 0 Å². The number of allylic oxidation sites excluding steroid dienone is 2. The predicted molar refractivity (Wildman–Crippen MR) is 87.6 cm³/mol. The number of aromatic nitrogens is 3. The van der Waals surface area contributed by atoms with Gasteiger partial charge >= 0.3 is 0 Å². The molecular weight excluding hydrogens is 326 g/mol. The van der Waals surface area contributed by atoms with Gasteiger partial charge in [0.2, 0.25) is 0 Å². The Balaban J connectivity index is 1.55. The first-order valence-corrected chi connectivity index (χ1v) is 8.13. The SMILES string of the molecule is CC1=C(c2cnc(NC(=O)c3c(F)cncc3F)cn2)C2(CC1)CC2. The second kappa shape index (κ2) is 5.68. The van der Waals surface area contributed by atoms with Crippen LogP contribution < -0.4 is 5.32 Å². The minimum atomic E-state index is -1.02. The maximum Gasteiger partial charge on any atom is 0.262 e. The zero-order chi connectivity index (χ0) is 17.6. The van der Waals surface area contributed by atoms with Crippen LogP contribution in [0.5, 0.6) is 0 Å². The Hall–Kier alpha value is -2.70. The number of pyridine rings is 1. The minimum Gasteiger partial charge on any atom is -0.305 e. The number of carbonyl (C=O) groups is 1. The molecule has 2 aliphatic rings. The molecule has 4 rings (SSSR count). The lowest BCUT2D eigenvalue weighted by Crippen LogP contribution is -2.17. The fraction of sp³-hybridized carbons (Fsp3) is 0.333. The van der Waals surface area contributed by atoms with Crippen molar-refractivity contribution in [3.8, 4) is 0 Å². The molecule has 1 amide bonds. The lowest BCUT2D eigenvalue weighted by atomic mass is 9.95. The van der Waals surface area contributed by atoms with Crippen molar-refractivity contribution in [2.75, 3.05) is 5.32 Å². The van der Waals surface area contributed by atoms with Gasteiger partial charge in [0, 0.05) is 0 Å². The Morgan fingerprint density at radius 2 is 1.80 bits per heavy atom. The van der Waals surface area contributed by atoms with Crippen LogP contribution in [0.4, 0.5) is 14.6 Å². The van der Waals surface area contributed by atoms with Crippen molar-refractivity contribution >= 4 is 17.3 Å². The van der Waals surface area contributed by atoms with E-state index in [1.807, 2.05) is 0 Å². The lowest BCUT2D eigenvalue weighted by Gasteiger charge is -2.13. The molecular formula is C18H16F2N4O. The smallest absolute Gasteiger partial charge is 0.262 e. The molecule has 0 saturated heterocycles. The van der Waals surface area contributed by atoms with Gasteiger partial charge in [-0.15, -0.1) is 0 Å². The first kappa shape index (κ1) is 15.8. The molecule has 128 valence electrons. The van der Waals surface area contributed by atoms with Crippen molar-refractivity contribution in [1.82, 2.24) is 15.0 Å². The van der Waals surface area contributed by atoms with Crippen molar-refractivity contribution in [2.45, 2.75) is 32.6 Å². The van der Waals surface area contributed by atoms with Crippen LogP contribution in [-0.4, -0.2) is 20.9 Å². The third-order valence-corrected chi connectivity index (χ3v) is 5.02. The number of nitrogens with one attached hydrogen (secondary N) is 1. The van der Waals surface area contributed by atoms with Gasteiger partial charge in [0.25, 0.3) is 5.91 Å². The zero-order valence-electron chi connectivity index (χ0n) is 13.6. The standard InChI is InChI=1S/C18H16F2N4O/c1-10-2-3-18(4-5-18)16(10)13-8-23-14(9-22-13)24-17(25)15-11(19)6-21-7-12(15)20/h6-9H,2-5H2,1H3,(H,23,24,25). The highest BCUT2D eigenvalue weighted by Crippen LogP contribution is 2.63. The molecule has 25 heavy (non-hydrogen) atoms. The molecule has 2 aromatic heterocycles. The monoisotopic (exact) mass is 342 g/mol. The average molecular weight is 342 g/mol. The van der Waals surface area contributed by atoms with Gasteiger partial charge in [0.05, 0.1) is 30.5 Å². The van der Waals surface area contributed by atoms with E-state index in [0.717, 1.165) is 30.9 Å². The third kappa shape index (κ3) is 2.69. The molecule has 2 heterocycles. The number of rotatable bonds is 3. The van der Waals surface area contributed by atoms with E-state index in [4.69, 9.17) is 0 Å². The van der Waals surface area contributed by atoms with Crippen LogP contribution in [0.2, 0.25) is 0 Å². The predicted octanol–water partition coefficient (Wildman–Crippen LogP) is 3.75. The quantitative estimate of drug-likeness (QED) is 0.922. The van der Waals surface area contributed by atoms with Crippen molar-refractivity contribution in [3.63, 3.8) is 0 Å². The third-order valence-electron chi connectivity index (χ3n) is 5.02. The van der Waals surface area contributed by atoms with Crippen LogP contribution in [0.3, 0.4) is 0 Å². The van der Waals surface area contributed by atoms with Crippen molar-refractivity contribution in [1.29, 1.82) is 0 Å². The van der Waals surface area contributed by atoms with E-state index in [-0.39, 0.29) is 11.2 Å². The number of hydrogen-bond donors (Lipinski definition) is 1. The van der Waals surface area contributed by atoms with Crippen LogP contribution in [0.15, 0.2) is 30.4 Å². The van der Waals surface area contributed by atoms with Crippen molar-refractivity contribution in [3.05, 3.63) is 53.3 Å². The Morgan fingerprint density at radius 1 is 1.08 bits per heavy atom. The summed E-state index contributed by atoms with van der Waals surface area (Å²) in [4.78, 5) is 24.0. The maximum atomic E-state index is 13.6. The summed E-state index contributed by atoms with van der Waals surface area (Å²) < 4.78 is 27.2. The van der Waals surface area contributed by atoms with Crippen LogP contribution in [-0.2, 0) is 0 Å². The summed E-state index contributed by atoms with van der Waals surface area (Å²) in [6.45, 7) is 2.12. The van der Waals surface area contributed by atoms with E-state index in [1.54, 1.807) is 6.20 Å². The summed E-state index contributed by atoms with van der Waals surface area (Å²) in [5, 5.41) is 2.37. The lowest BCUT2D eigenvalue weighted by molar-refractivity contribution is 0.101. The number of anilines is 1. The summed E-state index contributed by atoms with van der Waals surface area (Å²) in [5.41, 5.74) is 3.00. The number of halogens is 2. The molecule has 1 saturated carbocycles. The molecule has 1 N–H and O–H groups in total. The van der Waals surface area contributed by atoms with Crippen LogP contribution in [0, 0.1) is 17.0 Å². The molecule has 7 heteroatoms. The molecule has 1 fully saturated rings. The summed E-state index contributed by atoms with van der Waals surface area (Å²) in [5.74, 6) is -2.83. The molecule has 5 nitrogen and oxygen atoms in total. The van der Waals surface area contributed by atoms with Crippen molar-refractivity contribution < 1.29 is 13.6 Å². The van der Waals surface area contributed by atoms with Crippen LogP contribution in [0.25, 0.3) is 5.57 Å². The second-order valence-corrected chi connectivity index (χ2v) is 6.65. The Labute approximate surface area is 143 Å². The summed E-state index contributed by atoms with van der Waals surface area (Å²) >= 11 is 0. The summed E-state index contributed by atoms with van der Waals surface area (Å²) in [6, 6.07) is 0. The van der Waals surface area contributed by atoms with E-state index in [1.165, 1.54) is 30.2 Å². The van der Waals surface area contributed by atoms with Gasteiger partial charge in [-0.2, -0.15) is 0 Å². The topological polar surface area (TPSA) is 67.8 Å². The fourth-order valence-corrected chi connectivity index (χ4v) is 3.60. The molecule has 0 unspecified atom stereocenters. The molecule has 0 aliphatic heterocycles. The first-order chi connectivity index (χ1) is 12.0. The highest BCUT2D eigenvalue weighted by Gasteiger charge is 2.50. The van der Waals surface area contributed by atoms with E-state index in [0.29, 0.717) is 0 Å². The molecule has 2 aliphatic carbocycles. The van der Waals surface area contributed by atoms with E-state index in [2.05, 4.69) is 27.2 Å². The normalized spacial score (nSPS) is 17.9. The Bertz CT molecular complexity index is 868. The van der Waals surface area contributed by atoms with Gasteiger partial charge in [0.1, 0.15) is 5.56 Å². The summed E-state index contributed by atoms with van der Waals surface area (Å²) in [6.07, 6.45) is 9.21. The van der Waals surface area contributed by atoms with Gasteiger partial charge in [0.15, 0.2) is 17.5 Å². The Kier molecular flexibility index (Phi) is 3.59. The highest BCUT2D eigenvalue weighted by atomic mass is 19.1. The van der Waals surface area contributed by atoms with E-state index < -0.39 is 23.1 Å².